The van der Waals surface area contributed by atoms with Gasteiger partial charge in [0.05, 0.1) is 5.51 Å². The lowest BCUT2D eigenvalue weighted by Gasteiger charge is -2.29. The van der Waals surface area contributed by atoms with E-state index in [-0.39, 0.29) is 28.9 Å². The van der Waals surface area contributed by atoms with Crippen LogP contribution in [0, 0.1) is 24.4 Å². The van der Waals surface area contributed by atoms with Gasteiger partial charge in [0, 0.05) is 54.9 Å². The van der Waals surface area contributed by atoms with E-state index in [0.29, 0.717) is 25.2 Å². The Bertz CT molecular complexity index is 1250. The predicted octanol–water partition coefficient (Wildman–Crippen LogP) is 4.38. The predicted molar refractivity (Wildman–Crippen MR) is 123 cm³/mol. The van der Waals surface area contributed by atoms with Gasteiger partial charge >= 0.3 is 0 Å². The first-order valence-electron chi connectivity index (χ1n) is 10.3. The fourth-order valence-electron chi connectivity index (χ4n) is 4.08. The number of halogens is 3. The Kier molecular flexibility index (Phi) is 6.64. The van der Waals surface area contributed by atoms with Gasteiger partial charge in [-0.05, 0) is 25.5 Å². The summed E-state index contributed by atoms with van der Waals surface area (Å²) in [6.07, 6.45) is 0.721. The summed E-state index contributed by atoms with van der Waals surface area (Å²) in [5, 5.41) is 1.43. The molecule has 1 aromatic heterocycles. The van der Waals surface area contributed by atoms with Gasteiger partial charge in [0.15, 0.2) is 16.5 Å². The van der Waals surface area contributed by atoms with Crippen molar-refractivity contribution in [3.8, 4) is 0 Å². The summed E-state index contributed by atoms with van der Waals surface area (Å²) in [7, 11) is -2.77. The van der Waals surface area contributed by atoms with E-state index in [1.807, 2.05) is 0 Å². The maximum absolute atomic E-state index is 15.1. The van der Waals surface area contributed by atoms with Crippen molar-refractivity contribution in [1.82, 2.24) is 9.88 Å². The Hall–Kier alpha value is -2.63. The lowest BCUT2D eigenvalue weighted by Crippen LogP contribution is -2.35. The number of aromatic nitrogens is 1. The summed E-state index contributed by atoms with van der Waals surface area (Å²) in [5.41, 5.74) is 2.31. The van der Waals surface area contributed by atoms with Crippen LogP contribution in [0.1, 0.15) is 17.5 Å². The molecule has 0 radical (unpaired) electrons. The number of benzene rings is 2. The normalized spacial score (nSPS) is 16.8. The highest BCUT2D eigenvalue weighted by atomic mass is 32.2. The van der Waals surface area contributed by atoms with Gasteiger partial charge in [-0.25, -0.2) is 26.6 Å². The molecule has 1 N–H and O–H groups in total. The highest BCUT2D eigenvalue weighted by Gasteiger charge is 2.32. The average molecular weight is 497 g/mol. The molecule has 11 heteroatoms. The van der Waals surface area contributed by atoms with Crippen LogP contribution in [0.5, 0.6) is 0 Å². The molecule has 33 heavy (non-hydrogen) atoms. The summed E-state index contributed by atoms with van der Waals surface area (Å²) < 4.78 is 71.3. The molecule has 1 aliphatic heterocycles. The quantitative estimate of drug-likeness (QED) is 0.526. The summed E-state index contributed by atoms with van der Waals surface area (Å²) in [6, 6.07) is 7.56. The number of thiazole rings is 1. The first-order valence-corrected chi connectivity index (χ1v) is 12.7. The highest BCUT2D eigenvalue weighted by molar-refractivity contribution is 7.92. The third kappa shape index (κ3) is 4.85. The monoisotopic (exact) mass is 496 g/mol. The molecule has 3 aromatic rings. The lowest BCUT2D eigenvalue weighted by atomic mass is 10.1. The second-order valence-corrected chi connectivity index (χ2v) is 10.3. The Morgan fingerprint density at radius 2 is 2.00 bits per heavy atom. The Balaban J connectivity index is 1.54. The fourth-order valence-corrected chi connectivity index (χ4v) is 5.83. The minimum absolute atomic E-state index is 0.00134. The summed E-state index contributed by atoms with van der Waals surface area (Å²) in [5.74, 6) is -2.58. The van der Waals surface area contributed by atoms with Crippen molar-refractivity contribution in [1.29, 1.82) is 0 Å². The van der Waals surface area contributed by atoms with Gasteiger partial charge in [-0.15, -0.1) is 11.3 Å². The van der Waals surface area contributed by atoms with Crippen molar-refractivity contribution in [3.63, 3.8) is 0 Å². The third-order valence-corrected chi connectivity index (χ3v) is 7.84. The molecular weight excluding hydrogens is 473 g/mol. The molecule has 1 unspecified atom stereocenters. The van der Waals surface area contributed by atoms with Gasteiger partial charge < -0.3 is 4.90 Å². The van der Waals surface area contributed by atoms with Gasteiger partial charge in [0.2, 0.25) is 0 Å². The maximum atomic E-state index is 15.1. The molecule has 0 bridgehead atoms. The molecular formula is C22H23F3N4O2S2. The Labute approximate surface area is 194 Å². The van der Waals surface area contributed by atoms with Crippen molar-refractivity contribution in [2.45, 2.75) is 30.8 Å². The molecule has 1 saturated heterocycles. The highest BCUT2D eigenvalue weighted by Crippen LogP contribution is 2.33. The molecule has 1 aliphatic rings. The average Bonchev–Trinajstić information content (AvgIpc) is 3.43. The van der Waals surface area contributed by atoms with Crippen LogP contribution < -0.4 is 9.62 Å². The van der Waals surface area contributed by atoms with E-state index in [4.69, 9.17) is 0 Å². The van der Waals surface area contributed by atoms with E-state index in [1.165, 1.54) is 23.9 Å². The molecule has 4 rings (SSSR count). The molecule has 0 aliphatic carbocycles. The standard InChI is InChI=1S/C22H23F3N4O2S2/c1-14-19(9-18(24)22(21(14)25)33(30,31)27-20-12-32-13-26-20)28(2)16-7-8-29(11-16)10-15-5-3-4-6-17(15)23/h3-6,9,12-13,16,27H,7-8,10-11H2,1-2H3. The van der Waals surface area contributed by atoms with E-state index < -0.39 is 26.6 Å². The maximum Gasteiger partial charge on any atom is 0.268 e. The van der Waals surface area contributed by atoms with Gasteiger partial charge in [0.1, 0.15) is 11.6 Å². The van der Waals surface area contributed by atoms with Crippen molar-refractivity contribution < 1.29 is 21.6 Å². The minimum atomic E-state index is -4.49. The number of rotatable bonds is 7. The Morgan fingerprint density at radius 3 is 2.70 bits per heavy atom. The van der Waals surface area contributed by atoms with Crippen molar-refractivity contribution in [2.75, 3.05) is 29.8 Å². The lowest BCUT2D eigenvalue weighted by molar-refractivity contribution is 0.320. The van der Waals surface area contributed by atoms with E-state index in [9.17, 15) is 17.2 Å². The first kappa shape index (κ1) is 23.5. The van der Waals surface area contributed by atoms with Gasteiger partial charge in [-0.1, -0.05) is 18.2 Å². The van der Waals surface area contributed by atoms with Crippen LogP contribution in [-0.4, -0.2) is 44.5 Å². The zero-order valence-corrected chi connectivity index (χ0v) is 19.7. The van der Waals surface area contributed by atoms with Crippen molar-refractivity contribution in [3.05, 3.63) is 69.8 Å². The molecule has 0 amide bonds. The number of nitrogens with one attached hydrogen (secondary N) is 1. The van der Waals surface area contributed by atoms with E-state index >= 15 is 4.39 Å². The number of nitrogens with zero attached hydrogens (tertiary/aromatic N) is 3. The van der Waals surface area contributed by atoms with Crippen molar-refractivity contribution in [2.24, 2.45) is 0 Å². The molecule has 0 spiro atoms. The molecule has 1 atom stereocenters. The van der Waals surface area contributed by atoms with Crippen LogP contribution in [0.25, 0.3) is 0 Å². The number of likely N-dealkylation sites (N-methyl/N-ethyl adjacent to an activating group) is 1. The second kappa shape index (κ2) is 9.32. The topological polar surface area (TPSA) is 65.5 Å². The molecule has 1 fully saturated rings. The van der Waals surface area contributed by atoms with Crippen LogP contribution in [0.4, 0.5) is 24.7 Å². The smallest absolute Gasteiger partial charge is 0.268 e. The van der Waals surface area contributed by atoms with E-state index in [2.05, 4.69) is 14.6 Å². The van der Waals surface area contributed by atoms with Crippen LogP contribution in [0.2, 0.25) is 0 Å². The zero-order chi connectivity index (χ0) is 23.8. The van der Waals surface area contributed by atoms with Crippen LogP contribution in [0.15, 0.2) is 46.1 Å². The summed E-state index contributed by atoms with van der Waals surface area (Å²) in [4.78, 5) is 6.60. The van der Waals surface area contributed by atoms with Gasteiger partial charge in [-0.3, -0.25) is 9.62 Å². The molecule has 176 valence electrons. The van der Waals surface area contributed by atoms with E-state index in [0.717, 1.165) is 23.8 Å². The largest absolute Gasteiger partial charge is 0.370 e. The fraction of sp³-hybridized carbons (Fsp3) is 0.318. The number of hydrogen-bond donors (Lipinski definition) is 1. The number of anilines is 2. The van der Waals surface area contributed by atoms with Crippen LogP contribution >= 0.6 is 11.3 Å². The molecule has 6 nitrogen and oxygen atoms in total. The zero-order valence-electron chi connectivity index (χ0n) is 18.1. The summed E-state index contributed by atoms with van der Waals surface area (Å²) >= 11 is 1.15. The minimum Gasteiger partial charge on any atom is -0.370 e. The second-order valence-electron chi connectivity index (χ2n) is 8.00. The number of likely N-dealkylation sites (tertiary alicyclic amines) is 1. The van der Waals surface area contributed by atoms with Crippen LogP contribution in [0.3, 0.4) is 0 Å². The molecule has 2 aromatic carbocycles. The molecule has 0 saturated carbocycles. The van der Waals surface area contributed by atoms with Gasteiger partial charge in [-0.2, -0.15) is 0 Å². The number of sulfonamides is 1. The van der Waals surface area contributed by atoms with Gasteiger partial charge in [0.25, 0.3) is 10.0 Å². The van der Waals surface area contributed by atoms with Crippen molar-refractivity contribution >= 4 is 32.9 Å². The van der Waals surface area contributed by atoms with Crippen LogP contribution in [-0.2, 0) is 16.6 Å². The third-order valence-electron chi connectivity index (χ3n) is 5.86. The SMILES string of the molecule is Cc1c(N(C)C2CCN(Cc3ccccc3F)C2)cc(F)c(S(=O)(=O)Nc2cscn2)c1F. The Morgan fingerprint density at radius 1 is 1.24 bits per heavy atom. The number of hydrogen-bond acceptors (Lipinski definition) is 6. The van der Waals surface area contributed by atoms with E-state index in [1.54, 1.807) is 30.1 Å². The first-order chi connectivity index (χ1) is 15.7. The molecule has 2 heterocycles. The summed E-state index contributed by atoms with van der Waals surface area (Å²) in [6.45, 7) is 3.16.